The van der Waals surface area contributed by atoms with E-state index in [-0.39, 0.29) is 30.6 Å². The molecule has 1 saturated carbocycles. The van der Waals surface area contributed by atoms with E-state index in [1.165, 1.54) is 12.8 Å². The number of ether oxygens (including phenoxy) is 1. The molecular weight excluding hydrogens is 290 g/mol. The molecule has 0 spiro atoms. The molecule has 0 aliphatic heterocycles. The zero-order chi connectivity index (χ0) is 16.7. The van der Waals surface area contributed by atoms with Crippen LogP contribution in [-0.2, 0) is 15.1 Å². The van der Waals surface area contributed by atoms with Crippen molar-refractivity contribution in [2.45, 2.75) is 45.1 Å². The molecule has 0 unspecified atom stereocenters. The first kappa shape index (κ1) is 18.0. The Bertz CT molecular complexity index is 491. The fourth-order valence-electron chi connectivity index (χ4n) is 3.89. The summed E-state index contributed by atoms with van der Waals surface area (Å²) in [7, 11) is 0. The quantitative estimate of drug-likeness (QED) is 0.759. The van der Waals surface area contributed by atoms with E-state index in [9.17, 15) is 9.90 Å². The lowest BCUT2D eigenvalue weighted by molar-refractivity contribution is -0.142. The third-order valence-electron chi connectivity index (χ3n) is 5.16. The predicted octanol–water partition coefficient (Wildman–Crippen LogP) is 2.85. The maximum Gasteiger partial charge on any atom is 0.319 e. The summed E-state index contributed by atoms with van der Waals surface area (Å²) < 4.78 is 5.06. The Morgan fingerprint density at radius 1 is 1.30 bits per heavy atom. The number of carbonyl (C=O) groups is 1. The van der Waals surface area contributed by atoms with Crippen molar-refractivity contribution in [3.05, 3.63) is 35.9 Å². The van der Waals surface area contributed by atoms with Crippen LogP contribution in [0.2, 0.25) is 0 Å². The van der Waals surface area contributed by atoms with Crippen molar-refractivity contribution in [3.8, 4) is 0 Å². The van der Waals surface area contributed by atoms with E-state index in [2.05, 4.69) is 24.4 Å². The monoisotopic (exact) mass is 319 g/mol. The molecule has 1 aromatic carbocycles. The number of esters is 1. The van der Waals surface area contributed by atoms with E-state index in [1.54, 1.807) is 0 Å². The maximum absolute atomic E-state index is 11.8. The Labute approximate surface area is 139 Å². The highest BCUT2D eigenvalue weighted by Gasteiger charge is 2.41. The van der Waals surface area contributed by atoms with Crippen molar-refractivity contribution >= 4 is 5.97 Å². The second-order valence-electron chi connectivity index (χ2n) is 6.56. The van der Waals surface area contributed by atoms with Gasteiger partial charge in [-0.15, -0.1) is 0 Å². The molecule has 23 heavy (non-hydrogen) atoms. The van der Waals surface area contributed by atoms with Gasteiger partial charge in [0.1, 0.15) is 0 Å². The summed E-state index contributed by atoms with van der Waals surface area (Å²) in [6.45, 7) is 4.75. The van der Waals surface area contributed by atoms with Crippen LogP contribution in [0.5, 0.6) is 0 Å². The average molecular weight is 319 g/mol. The van der Waals surface area contributed by atoms with Gasteiger partial charge in [-0.1, -0.05) is 43.2 Å². The van der Waals surface area contributed by atoms with Crippen LogP contribution in [0, 0.1) is 11.8 Å². The number of hydrogen-bond donors (Lipinski definition) is 2. The molecule has 0 radical (unpaired) electrons. The standard InChI is InChI=1S/C19H29NO3/c1-3-23-18(22)13-20-19(2,16-10-5-4-6-11-16)17-12-8-7-9-15(17)14-21/h4-6,10-11,15,17,20-21H,3,7-9,12-14H2,1-2H3/t15-,17+,19-/m1/s1. The summed E-state index contributed by atoms with van der Waals surface area (Å²) in [5.41, 5.74) is 0.816. The van der Waals surface area contributed by atoms with Crippen molar-refractivity contribution in [2.24, 2.45) is 11.8 Å². The lowest BCUT2D eigenvalue weighted by Crippen LogP contribution is -2.52. The molecule has 0 amide bonds. The number of aliphatic hydroxyl groups is 1. The zero-order valence-corrected chi connectivity index (χ0v) is 14.3. The molecule has 1 aliphatic carbocycles. The largest absolute Gasteiger partial charge is 0.465 e. The zero-order valence-electron chi connectivity index (χ0n) is 14.3. The molecule has 1 fully saturated rings. The highest BCUT2D eigenvalue weighted by Crippen LogP contribution is 2.42. The number of nitrogens with one attached hydrogen (secondary N) is 1. The highest BCUT2D eigenvalue weighted by atomic mass is 16.5. The number of benzene rings is 1. The SMILES string of the molecule is CCOC(=O)CN[C@](C)(c1ccccc1)[C@H]1CCCC[C@@H]1CO. The van der Waals surface area contributed by atoms with Gasteiger partial charge in [-0.3, -0.25) is 10.1 Å². The van der Waals surface area contributed by atoms with Gasteiger partial charge in [0.25, 0.3) is 0 Å². The van der Waals surface area contributed by atoms with Gasteiger partial charge in [0, 0.05) is 12.1 Å². The Hall–Kier alpha value is -1.39. The average Bonchev–Trinajstić information content (AvgIpc) is 2.60. The van der Waals surface area contributed by atoms with Crippen LogP contribution in [0.15, 0.2) is 30.3 Å². The van der Waals surface area contributed by atoms with E-state index >= 15 is 0 Å². The minimum absolute atomic E-state index is 0.188. The minimum Gasteiger partial charge on any atom is -0.465 e. The fraction of sp³-hybridized carbons (Fsp3) is 0.632. The first-order valence-electron chi connectivity index (χ1n) is 8.68. The summed E-state index contributed by atoms with van der Waals surface area (Å²) in [6, 6.07) is 10.2. The summed E-state index contributed by atoms with van der Waals surface area (Å²) in [5, 5.41) is 13.3. The van der Waals surface area contributed by atoms with Gasteiger partial charge in [-0.25, -0.2) is 0 Å². The summed E-state index contributed by atoms with van der Waals surface area (Å²) >= 11 is 0. The first-order chi connectivity index (χ1) is 11.1. The molecule has 2 rings (SSSR count). The van der Waals surface area contributed by atoms with Gasteiger partial charge in [0.15, 0.2) is 0 Å². The first-order valence-corrected chi connectivity index (χ1v) is 8.68. The van der Waals surface area contributed by atoms with E-state index in [0.717, 1.165) is 18.4 Å². The van der Waals surface area contributed by atoms with E-state index in [4.69, 9.17) is 4.74 Å². The molecule has 3 atom stereocenters. The molecule has 4 heteroatoms. The van der Waals surface area contributed by atoms with Gasteiger partial charge in [-0.2, -0.15) is 0 Å². The summed E-state index contributed by atoms with van der Waals surface area (Å²) in [4.78, 5) is 11.8. The van der Waals surface area contributed by atoms with Gasteiger partial charge in [0.05, 0.1) is 13.2 Å². The van der Waals surface area contributed by atoms with Crippen LogP contribution in [0.4, 0.5) is 0 Å². The van der Waals surface area contributed by atoms with Gasteiger partial charge in [-0.05, 0) is 44.1 Å². The molecule has 0 bridgehead atoms. The number of aliphatic hydroxyl groups excluding tert-OH is 1. The molecule has 0 saturated heterocycles. The Morgan fingerprint density at radius 2 is 2.00 bits per heavy atom. The molecule has 0 aromatic heterocycles. The van der Waals surface area contributed by atoms with Crippen LogP contribution < -0.4 is 5.32 Å². The van der Waals surface area contributed by atoms with E-state index in [0.29, 0.717) is 12.5 Å². The number of hydrogen-bond acceptors (Lipinski definition) is 4. The number of rotatable bonds is 7. The van der Waals surface area contributed by atoms with Crippen LogP contribution in [0.25, 0.3) is 0 Å². The molecule has 4 nitrogen and oxygen atoms in total. The van der Waals surface area contributed by atoms with E-state index < -0.39 is 0 Å². The lowest BCUT2D eigenvalue weighted by atomic mass is 9.66. The molecule has 0 heterocycles. The van der Waals surface area contributed by atoms with Gasteiger partial charge >= 0.3 is 5.97 Å². The Kier molecular flexibility index (Phi) is 6.60. The van der Waals surface area contributed by atoms with Crippen LogP contribution in [0.3, 0.4) is 0 Å². The van der Waals surface area contributed by atoms with Crippen molar-refractivity contribution in [3.63, 3.8) is 0 Å². The topological polar surface area (TPSA) is 58.6 Å². The fourth-order valence-corrected chi connectivity index (χ4v) is 3.89. The third-order valence-corrected chi connectivity index (χ3v) is 5.16. The van der Waals surface area contributed by atoms with Gasteiger partial charge < -0.3 is 9.84 Å². The summed E-state index contributed by atoms with van der Waals surface area (Å²) in [6.07, 6.45) is 4.45. The van der Waals surface area contributed by atoms with Crippen LogP contribution in [-0.4, -0.2) is 30.8 Å². The van der Waals surface area contributed by atoms with E-state index in [1.807, 2.05) is 25.1 Å². The summed E-state index contributed by atoms with van der Waals surface area (Å²) in [5.74, 6) is 0.341. The molecule has 1 aliphatic rings. The number of carbonyl (C=O) groups excluding carboxylic acids is 1. The van der Waals surface area contributed by atoms with Crippen LogP contribution in [0.1, 0.15) is 45.1 Å². The lowest BCUT2D eigenvalue weighted by Gasteiger charge is -2.45. The Balaban J connectivity index is 2.25. The maximum atomic E-state index is 11.8. The molecular formula is C19H29NO3. The molecule has 1 aromatic rings. The predicted molar refractivity (Wildman–Crippen MR) is 91.0 cm³/mol. The Morgan fingerprint density at radius 3 is 2.65 bits per heavy atom. The van der Waals surface area contributed by atoms with Crippen molar-refractivity contribution < 1.29 is 14.6 Å². The van der Waals surface area contributed by atoms with Crippen LogP contribution >= 0.6 is 0 Å². The smallest absolute Gasteiger partial charge is 0.319 e. The highest BCUT2D eigenvalue weighted by molar-refractivity contribution is 5.71. The molecule has 128 valence electrons. The van der Waals surface area contributed by atoms with Crippen molar-refractivity contribution in [2.75, 3.05) is 19.8 Å². The normalized spacial score (nSPS) is 24.0. The third kappa shape index (κ3) is 4.33. The van der Waals surface area contributed by atoms with Crippen molar-refractivity contribution in [1.82, 2.24) is 5.32 Å². The second kappa shape index (κ2) is 8.46. The molecule has 2 N–H and O–H groups in total. The second-order valence-corrected chi connectivity index (χ2v) is 6.56. The van der Waals surface area contributed by atoms with Gasteiger partial charge in [0.2, 0.25) is 0 Å². The minimum atomic E-state index is -0.345. The van der Waals surface area contributed by atoms with Crippen molar-refractivity contribution in [1.29, 1.82) is 0 Å².